The van der Waals surface area contributed by atoms with E-state index in [1.807, 2.05) is 20.8 Å². The van der Waals surface area contributed by atoms with E-state index in [0.29, 0.717) is 6.42 Å². The summed E-state index contributed by atoms with van der Waals surface area (Å²) in [6.07, 6.45) is 7.27. The fourth-order valence-corrected chi connectivity index (χ4v) is 2.84. The number of allylic oxidation sites excluding steroid dienone is 1. The lowest BCUT2D eigenvalue weighted by molar-refractivity contribution is -0.405. The molecule has 0 saturated carbocycles. The van der Waals surface area contributed by atoms with Crippen LogP contribution in [0.4, 0.5) is 0 Å². The maximum Gasteiger partial charge on any atom is 0.161 e. The van der Waals surface area contributed by atoms with Crippen molar-refractivity contribution in [3.63, 3.8) is 0 Å². The summed E-state index contributed by atoms with van der Waals surface area (Å²) in [5.74, 6) is 0.185. The zero-order chi connectivity index (χ0) is 13.4. The second kappa shape index (κ2) is 4.61. The van der Waals surface area contributed by atoms with E-state index in [2.05, 4.69) is 0 Å². The molecule has 2 rings (SSSR count). The first kappa shape index (κ1) is 13.5. The molecule has 0 spiro atoms. The lowest BCUT2D eigenvalue weighted by atomic mass is 9.62. The Morgan fingerprint density at radius 1 is 1.50 bits per heavy atom. The molecule has 18 heavy (non-hydrogen) atoms. The first-order valence-corrected chi connectivity index (χ1v) is 6.26. The predicted octanol–water partition coefficient (Wildman–Crippen LogP) is 1.80. The molecule has 1 aliphatic heterocycles. The van der Waals surface area contributed by atoms with Gasteiger partial charge in [0.15, 0.2) is 5.78 Å². The van der Waals surface area contributed by atoms with Gasteiger partial charge in [0.1, 0.15) is 11.7 Å². The van der Waals surface area contributed by atoms with Crippen LogP contribution in [0, 0.1) is 11.3 Å². The molecular weight excluding hydrogens is 232 g/mol. The Morgan fingerprint density at radius 2 is 2.22 bits per heavy atom. The molecule has 4 nitrogen and oxygen atoms in total. The number of hydrogen-bond donors (Lipinski definition) is 1. The highest BCUT2D eigenvalue weighted by Gasteiger charge is 2.53. The van der Waals surface area contributed by atoms with Gasteiger partial charge in [0.25, 0.3) is 0 Å². The van der Waals surface area contributed by atoms with Gasteiger partial charge < -0.3 is 5.11 Å². The molecule has 0 aromatic heterocycles. The fourth-order valence-electron chi connectivity index (χ4n) is 2.84. The van der Waals surface area contributed by atoms with E-state index in [1.165, 1.54) is 0 Å². The van der Waals surface area contributed by atoms with Crippen LogP contribution in [0.1, 0.15) is 27.2 Å². The molecule has 2 aliphatic rings. The van der Waals surface area contributed by atoms with Crippen LogP contribution in [0.3, 0.4) is 0 Å². The van der Waals surface area contributed by atoms with Crippen LogP contribution in [0.5, 0.6) is 0 Å². The molecule has 0 radical (unpaired) electrons. The summed E-state index contributed by atoms with van der Waals surface area (Å²) in [6, 6.07) is 0. The molecule has 1 saturated heterocycles. The largest absolute Gasteiger partial charge is 0.392 e. The van der Waals surface area contributed by atoms with Crippen molar-refractivity contribution >= 4 is 5.78 Å². The Labute approximate surface area is 107 Å². The van der Waals surface area contributed by atoms with Crippen LogP contribution in [0.2, 0.25) is 0 Å². The molecule has 0 aromatic carbocycles. The Balaban J connectivity index is 2.25. The van der Waals surface area contributed by atoms with E-state index >= 15 is 0 Å². The van der Waals surface area contributed by atoms with Crippen molar-refractivity contribution in [2.45, 2.75) is 38.9 Å². The smallest absolute Gasteiger partial charge is 0.161 e. The minimum absolute atomic E-state index is 0.0238. The minimum Gasteiger partial charge on any atom is -0.392 e. The molecule has 1 heterocycles. The zero-order valence-corrected chi connectivity index (χ0v) is 11.1. The van der Waals surface area contributed by atoms with Crippen LogP contribution in [-0.2, 0) is 14.6 Å². The number of aliphatic hydroxyl groups excluding tert-OH is 1. The van der Waals surface area contributed by atoms with Gasteiger partial charge in [0.2, 0.25) is 0 Å². The third-order valence-electron chi connectivity index (χ3n) is 4.04. The standard InChI is InChI=1S/C14H20O4/c1-13(2)11-9-10(5-4-8-15)17-18-14(11,3)7-6-12(13)16/h4-7,10-11,15H,8-9H2,1-3H3. The second-order valence-electron chi connectivity index (χ2n) is 5.72. The summed E-state index contributed by atoms with van der Waals surface area (Å²) < 4.78 is 0. The third-order valence-corrected chi connectivity index (χ3v) is 4.04. The van der Waals surface area contributed by atoms with E-state index in [-0.39, 0.29) is 24.4 Å². The van der Waals surface area contributed by atoms with Crippen molar-refractivity contribution in [3.8, 4) is 0 Å². The minimum atomic E-state index is -0.555. The van der Waals surface area contributed by atoms with Crippen LogP contribution in [-0.4, -0.2) is 29.2 Å². The molecule has 1 N–H and O–H groups in total. The number of carbonyl (C=O) groups is 1. The molecular formula is C14H20O4. The van der Waals surface area contributed by atoms with Crippen molar-refractivity contribution in [1.29, 1.82) is 0 Å². The highest BCUT2D eigenvalue weighted by Crippen LogP contribution is 2.48. The topological polar surface area (TPSA) is 55.8 Å². The summed E-state index contributed by atoms with van der Waals surface area (Å²) in [6.45, 7) is 5.81. The van der Waals surface area contributed by atoms with Gasteiger partial charge in [-0.2, -0.15) is 0 Å². The van der Waals surface area contributed by atoms with E-state index in [9.17, 15) is 4.79 Å². The number of hydrogen-bond acceptors (Lipinski definition) is 4. The van der Waals surface area contributed by atoms with E-state index in [4.69, 9.17) is 14.9 Å². The molecule has 100 valence electrons. The van der Waals surface area contributed by atoms with E-state index in [1.54, 1.807) is 24.3 Å². The molecule has 0 bridgehead atoms. The van der Waals surface area contributed by atoms with Gasteiger partial charge in [-0.1, -0.05) is 26.0 Å². The van der Waals surface area contributed by atoms with Gasteiger partial charge in [-0.3, -0.25) is 4.79 Å². The van der Waals surface area contributed by atoms with Crippen molar-refractivity contribution in [3.05, 3.63) is 24.3 Å². The van der Waals surface area contributed by atoms with Crippen molar-refractivity contribution in [2.24, 2.45) is 11.3 Å². The lowest BCUT2D eigenvalue weighted by Gasteiger charge is -2.49. The molecule has 3 unspecified atom stereocenters. The second-order valence-corrected chi connectivity index (χ2v) is 5.72. The number of fused-ring (bicyclic) bond motifs is 1. The predicted molar refractivity (Wildman–Crippen MR) is 66.6 cm³/mol. The number of rotatable bonds is 2. The Hall–Kier alpha value is -0.970. The monoisotopic (exact) mass is 252 g/mol. The van der Waals surface area contributed by atoms with Crippen molar-refractivity contribution < 1.29 is 19.7 Å². The summed E-state index contributed by atoms with van der Waals surface area (Å²) in [5, 5.41) is 8.78. The molecule has 1 aliphatic carbocycles. The number of carbonyl (C=O) groups excluding carboxylic acids is 1. The highest BCUT2D eigenvalue weighted by atomic mass is 17.2. The van der Waals surface area contributed by atoms with Gasteiger partial charge in [-0.05, 0) is 25.5 Å². The lowest BCUT2D eigenvalue weighted by Crippen LogP contribution is -2.54. The summed E-state index contributed by atoms with van der Waals surface area (Å²) in [5.41, 5.74) is -1.01. The summed E-state index contributed by atoms with van der Waals surface area (Å²) >= 11 is 0. The fraction of sp³-hybridized carbons (Fsp3) is 0.643. The van der Waals surface area contributed by atoms with Gasteiger partial charge in [0, 0.05) is 11.3 Å². The highest BCUT2D eigenvalue weighted by molar-refractivity contribution is 5.95. The Bertz CT molecular complexity index is 397. The zero-order valence-electron chi connectivity index (χ0n) is 11.1. The van der Waals surface area contributed by atoms with Crippen LogP contribution >= 0.6 is 0 Å². The first-order chi connectivity index (χ1) is 8.40. The average Bonchev–Trinajstić information content (AvgIpc) is 2.33. The number of aliphatic hydroxyl groups is 1. The summed E-state index contributed by atoms with van der Waals surface area (Å²) in [7, 11) is 0. The normalized spacial score (nSPS) is 39.0. The van der Waals surface area contributed by atoms with E-state index in [0.717, 1.165) is 0 Å². The summed E-state index contributed by atoms with van der Waals surface area (Å²) in [4.78, 5) is 22.8. The average molecular weight is 252 g/mol. The molecule has 0 aromatic rings. The SMILES string of the molecule is CC12C=CC(=O)C(C)(C)C1CC(C=CCO)OO2. The molecule has 1 fully saturated rings. The maximum atomic E-state index is 12.0. The Kier molecular flexibility index (Phi) is 3.45. The molecule has 0 amide bonds. The van der Waals surface area contributed by atoms with Crippen molar-refractivity contribution in [2.75, 3.05) is 6.61 Å². The first-order valence-electron chi connectivity index (χ1n) is 6.26. The molecule has 4 heteroatoms. The quantitative estimate of drug-likeness (QED) is 0.601. The van der Waals surface area contributed by atoms with Gasteiger partial charge in [-0.25, -0.2) is 9.78 Å². The van der Waals surface area contributed by atoms with Gasteiger partial charge in [0.05, 0.1) is 6.61 Å². The van der Waals surface area contributed by atoms with Gasteiger partial charge >= 0.3 is 0 Å². The maximum absolute atomic E-state index is 12.0. The number of ketones is 1. The van der Waals surface area contributed by atoms with Crippen molar-refractivity contribution in [1.82, 2.24) is 0 Å². The molecule has 3 atom stereocenters. The van der Waals surface area contributed by atoms with Crippen LogP contribution < -0.4 is 0 Å². The van der Waals surface area contributed by atoms with Crippen LogP contribution in [0.15, 0.2) is 24.3 Å². The Morgan fingerprint density at radius 3 is 2.89 bits per heavy atom. The van der Waals surface area contributed by atoms with Crippen LogP contribution in [0.25, 0.3) is 0 Å². The van der Waals surface area contributed by atoms with Gasteiger partial charge in [-0.15, -0.1) is 0 Å². The third kappa shape index (κ3) is 2.16. The van der Waals surface area contributed by atoms with E-state index < -0.39 is 11.0 Å².